The van der Waals surface area contributed by atoms with E-state index in [1.54, 1.807) is 31.2 Å². The van der Waals surface area contributed by atoms with Crippen LogP contribution in [0.2, 0.25) is 5.02 Å². The molecule has 110 valence electrons. The second-order valence-corrected chi connectivity index (χ2v) is 5.00. The van der Waals surface area contributed by atoms with E-state index in [0.717, 1.165) is 0 Å². The second kappa shape index (κ2) is 6.88. The zero-order chi connectivity index (χ0) is 16.1. The first kappa shape index (κ1) is 15.7. The fraction of sp³-hybridized carbons (Fsp3) is 0.0588. The Hall–Kier alpha value is -2.64. The summed E-state index contributed by atoms with van der Waals surface area (Å²) in [7, 11) is 0. The van der Waals surface area contributed by atoms with Crippen molar-refractivity contribution in [2.75, 3.05) is 5.32 Å². The molecule has 2 aromatic rings. The highest BCUT2D eigenvalue weighted by Gasteiger charge is 2.11. The van der Waals surface area contributed by atoms with E-state index >= 15 is 0 Å². The van der Waals surface area contributed by atoms with Crippen LogP contribution >= 0.6 is 11.6 Å². The zero-order valence-corrected chi connectivity index (χ0v) is 12.5. The Morgan fingerprint density at radius 3 is 2.73 bits per heavy atom. The number of rotatable bonds is 3. The molecule has 0 saturated heterocycles. The number of amides is 1. The molecule has 3 nitrogen and oxygen atoms in total. The third-order valence-corrected chi connectivity index (χ3v) is 3.45. The second-order valence-electron chi connectivity index (χ2n) is 4.59. The number of nitrogens with one attached hydrogen (secondary N) is 1. The number of halogens is 2. The van der Waals surface area contributed by atoms with Crippen molar-refractivity contribution in [2.45, 2.75) is 6.92 Å². The Morgan fingerprint density at radius 1 is 1.32 bits per heavy atom. The van der Waals surface area contributed by atoms with Crippen LogP contribution in [0.5, 0.6) is 0 Å². The van der Waals surface area contributed by atoms with Crippen LogP contribution < -0.4 is 5.32 Å². The molecule has 22 heavy (non-hydrogen) atoms. The molecular formula is C17H12ClFN2O. The molecule has 0 aromatic heterocycles. The number of hydrogen-bond donors (Lipinski definition) is 1. The van der Waals surface area contributed by atoms with Gasteiger partial charge in [0.15, 0.2) is 0 Å². The van der Waals surface area contributed by atoms with Crippen molar-refractivity contribution in [1.29, 1.82) is 5.26 Å². The molecule has 0 aliphatic carbocycles. The molecule has 0 heterocycles. The highest BCUT2D eigenvalue weighted by molar-refractivity contribution is 6.31. The van der Waals surface area contributed by atoms with Crippen molar-refractivity contribution in [3.63, 3.8) is 0 Å². The van der Waals surface area contributed by atoms with Crippen LogP contribution in [0, 0.1) is 24.1 Å². The van der Waals surface area contributed by atoms with Gasteiger partial charge >= 0.3 is 0 Å². The molecule has 2 aromatic carbocycles. The molecule has 0 bridgehead atoms. The number of benzene rings is 2. The summed E-state index contributed by atoms with van der Waals surface area (Å²) in [6.45, 7) is 1.76. The first-order valence-corrected chi connectivity index (χ1v) is 6.83. The first-order valence-electron chi connectivity index (χ1n) is 6.45. The van der Waals surface area contributed by atoms with Gasteiger partial charge in [0.25, 0.3) is 5.91 Å². The summed E-state index contributed by atoms with van der Waals surface area (Å²) in [6, 6.07) is 12.6. The molecule has 0 unspecified atom stereocenters. The summed E-state index contributed by atoms with van der Waals surface area (Å²) in [4.78, 5) is 12.2. The van der Waals surface area contributed by atoms with Gasteiger partial charge in [0, 0.05) is 10.7 Å². The van der Waals surface area contributed by atoms with Crippen molar-refractivity contribution in [3.05, 3.63) is 70.0 Å². The van der Waals surface area contributed by atoms with E-state index in [9.17, 15) is 9.18 Å². The highest BCUT2D eigenvalue weighted by atomic mass is 35.5. The standard InChI is InChI=1S/C17H12ClFN2O/c1-11-15(18)6-3-7-16(11)21-17(22)13(10-20)8-12-4-2-5-14(19)9-12/h2-9H,1H3,(H,21,22)/b13-8+. The van der Waals surface area contributed by atoms with Gasteiger partial charge in [0.05, 0.1) is 0 Å². The molecule has 2 rings (SSSR count). The molecule has 0 atom stereocenters. The quantitative estimate of drug-likeness (QED) is 0.677. The minimum absolute atomic E-state index is 0.120. The van der Waals surface area contributed by atoms with Crippen LogP contribution in [0.15, 0.2) is 48.0 Å². The van der Waals surface area contributed by atoms with Crippen LogP contribution in [0.25, 0.3) is 6.08 Å². The SMILES string of the molecule is Cc1c(Cl)cccc1NC(=O)/C(C#N)=C/c1cccc(F)c1. The molecule has 0 spiro atoms. The topological polar surface area (TPSA) is 52.9 Å². The maximum absolute atomic E-state index is 13.1. The Balaban J connectivity index is 2.26. The minimum Gasteiger partial charge on any atom is -0.321 e. The average Bonchev–Trinajstić information content (AvgIpc) is 2.49. The Kier molecular flexibility index (Phi) is 4.92. The fourth-order valence-electron chi connectivity index (χ4n) is 1.84. The Bertz CT molecular complexity index is 793. The maximum Gasteiger partial charge on any atom is 0.266 e. The summed E-state index contributed by atoms with van der Waals surface area (Å²) in [5, 5.41) is 12.3. The molecule has 0 saturated carbocycles. The van der Waals surface area contributed by atoms with Gasteiger partial charge in [-0.15, -0.1) is 0 Å². The number of hydrogen-bond acceptors (Lipinski definition) is 2. The van der Waals surface area contributed by atoms with Gasteiger partial charge in [0.2, 0.25) is 0 Å². The van der Waals surface area contributed by atoms with Crippen molar-refractivity contribution >= 4 is 29.3 Å². The van der Waals surface area contributed by atoms with Crippen LogP contribution in [0.3, 0.4) is 0 Å². The van der Waals surface area contributed by atoms with E-state index in [-0.39, 0.29) is 5.57 Å². The highest BCUT2D eigenvalue weighted by Crippen LogP contribution is 2.23. The third-order valence-electron chi connectivity index (χ3n) is 3.04. The molecule has 1 N–H and O–H groups in total. The van der Waals surface area contributed by atoms with E-state index in [4.69, 9.17) is 16.9 Å². The van der Waals surface area contributed by atoms with Gasteiger partial charge < -0.3 is 5.32 Å². The molecule has 0 aliphatic heterocycles. The van der Waals surface area contributed by atoms with E-state index in [1.807, 2.05) is 6.07 Å². The lowest BCUT2D eigenvalue weighted by molar-refractivity contribution is -0.112. The van der Waals surface area contributed by atoms with Crippen molar-refractivity contribution in [3.8, 4) is 6.07 Å². The molecule has 1 amide bonds. The normalized spacial score (nSPS) is 10.9. The minimum atomic E-state index is -0.572. The predicted octanol–water partition coefficient (Wildman–Crippen LogP) is 4.33. The largest absolute Gasteiger partial charge is 0.321 e. The van der Waals surface area contributed by atoms with Crippen molar-refractivity contribution in [1.82, 2.24) is 0 Å². The zero-order valence-electron chi connectivity index (χ0n) is 11.7. The van der Waals surface area contributed by atoms with E-state index in [2.05, 4.69) is 5.32 Å². The Morgan fingerprint density at radius 2 is 2.05 bits per heavy atom. The first-order chi connectivity index (χ1) is 10.5. The third kappa shape index (κ3) is 3.72. The number of nitriles is 1. The summed E-state index contributed by atoms with van der Waals surface area (Å²) in [5.41, 5.74) is 1.55. The molecule has 0 aliphatic rings. The number of carbonyl (C=O) groups excluding carboxylic acids is 1. The summed E-state index contributed by atoms with van der Waals surface area (Å²) in [6.07, 6.45) is 1.33. The van der Waals surface area contributed by atoms with Gasteiger partial charge in [-0.3, -0.25) is 4.79 Å². The summed E-state index contributed by atoms with van der Waals surface area (Å²) < 4.78 is 13.1. The van der Waals surface area contributed by atoms with Crippen LogP contribution in [-0.2, 0) is 4.79 Å². The van der Waals surface area contributed by atoms with Gasteiger partial charge in [-0.25, -0.2) is 4.39 Å². The van der Waals surface area contributed by atoms with E-state index in [0.29, 0.717) is 21.8 Å². The van der Waals surface area contributed by atoms with E-state index < -0.39 is 11.7 Å². The number of nitrogens with zero attached hydrogens (tertiary/aromatic N) is 1. The Labute approximate surface area is 132 Å². The summed E-state index contributed by atoms with van der Waals surface area (Å²) in [5.74, 6) is -1.01. The van der Waals surface area contributed by atoms with Gasteiger partial charge in [-0.2, -0.15) is 5.26 Å². The van der Waals surface area contributed by atoms with Gasteiger partial charge in [-0.1, -0.05) is 29.8 Å². The number of anilines is 1. The molecule has 5 heteroatoms. The molecular weight excluding hydrogens is 303 g/mol. The smallest absolute Gasteiger partial charge is 0.266 e. The predicted molar refractivity (Wildman–Crippen MR) is 84.8 cm³/mol. The van der Waals surface area contributed by atoms with Crippen LogP contribution in [-0.4, -0.2) is 5.91 Å². The average molecular weight is 315 g/mol. The van der Waals surface area contributed by atoms with Gasteiger partial charge in [0.1, 0.15) is 17.5 Å². The van der Waals surface area contributed by atoms with E-state index in [1.165, 1.54) is 24.3 Å². The van der Waals surface area contributed by atoms with Crippen LogP contribution in [0.1, 0.15) is 11.1 Å². The lowest BCUT2D eigenvalue weighted by Gasteiger charge is -2.08. The summed E-state index contributed by atoms with van der Waals surface area (Å²) >= 11 is 5.99. The monoisotopic (exact) mass is 314 g/mol. The number of carbonyl (C=O) groups is 1. The molecule has 0 fully saturated rings. The lowest BCUT2D eigenvalue weighted by Crippen LogP contribution is -2.14. The van der Waals surface area contributed by atoms with Crippen molar-refractivity contribution in [2.24, 2.45) is 0 Å². The maximum atomic E-state index is 13.1. The van der Waals surface area contributed by atoms with Crippen LogP contribution in [0.4, 0.5) is 10.1 Å². The lowest BCUT2D eigenvalue weighted by atomic mass is 10.1. The molecule has 0 radical (unpaired) electrons. The van der Waals surface area contributed by atoms with Gasteiger partial charge in [-0.05, 0) is 48.4 Å². The van der Waals surface area contributed by atoms with Crippen molar-refractivity contribution < 1.29 is 9.18 Å². The fourth-order valence-corrected chi connectivity index (χ4v) is 2.02.